The highest BCUT2D eigenvalue weighted by atomic mass is 16.5. The second-order valence-electron chi connectivity index (χ2n) is 7.33. The number of piperazine rings is 1. The van der Waals surface area contributed by atoms with E-state index in [0.717, 1.165) is 32.7 Å². The third-order valence-corrected chi connectivity index (χ3v) is 5.20. The lowest BCUT2D eigenvalue weighted by Gasteiger charge is -2.34. The fraction of sp³-hybridized carbons (Fsp3) is 0.348. The standard InChI is InChI=1S/C23H27N3O5/c1-30-22(28)18-8-9-19(23(29)31-2)20(14-18)24-21(27)16-26-12-10-25(11-13-26)15-17-6-4-3-5-7-17/h3-9,14H,10-13,15-16H2,1-2H3,(H,24,27). The summed E-state index contributed by atoms with van der Waals surface area (Å²) in [5.41, 5.74) is 1.91. The first kappa shape index (κ1) is 22.5. The maximum atomic E-state index is 12.6. The van der Waals surface area contributed by atoms with Crippen molar-refractivity contribution in [2.45, 2.75) is 6.54 Å². The van der Waals surface area contributed by atoms with Crippen LogP contribution in [0.2, 0.25) is 0 Å². The van der Waals surface area contributed by atoms with Gasteiger partial charge in [-0.15, -0.1) is 0 Å². The fourth-order valence-electron chi connectivity index (χ4n) is 3.52. The number of esters is 2. The van der Waals surface area contributed by atoms with Crippen molar-refractivity contribution in [1.82, 2.24) is 9.80 Å². The van der Waals surface area contributed by atoms with E-state index in [9.17, 15) is 14.4 Å². The molecule has 31 heavy (non-hydrogen) atoms. The van der Waals surface area contributed by atoms with E-state index in [4.69, 9.17) is 9.47 Å². The normalized spacial score (nSPS) is 14.6. The largest absolute Gasteiger partial charge is 0.465 e. The van der Waals surface area contributed by atoms with E-state index >= 15 is 0 Å². The van der Waals surface area contributed by atoms with Gasteiger partial charge < -0.3 is 14.8 Å². The average Bonchev–Trinajstić information content (AvgIpc) is 2.80. The van der Waals surface area contributed by atoms with Crippen molar-refractivity contribution >= 4 is 23.5 Å². The monoisotopic (exact) mass is 425 g/mol. The third-order valence-electron chi connectivity index (χ3n) is 5.20. The second kappa shape index (κ2) is 10.7. The van der Waals surface area contributed by atoms with Gasteiger partial charge in [-0.1, -0.05) is 30.3 Å². The molecule has 0 atom stereocenters. The molecule has 1 N–H and O–H groups in total. The molecule has 0 bridgehead atoms. The first-order valence-corrected chi connectivity index (χ1v) is 10.1. The third kappa shape index (κ3) is 6.13. The Morgan fingerprint density at radius 2 is 1.52 bits per heavy atom. The van der Waals surface area contributed by atoms with Crippen LogP contribution in [-0.4, -0.2) is 74.6 Å². The zero-order valence-electron chi connectivity index (χ0n) is 17.8. The van der Waals surface area contributed by atoms with Crippen LogP contribution < -0.4 is 5.32 Å². The Kier molecular flexibility index (Phi) is 7.75. The smallest absolute Gasteiger partial charge is 0.339 e. The first-order valence-electron chi connectivity index (χ1n) is 10.1. The van der Waals surface area contributed by atoms with Gasteiger partial charge in [-0.05, 0) is 23.8 Å². The van der Waals surface area contributed by atoms with Gasteiger partial charge in [0.25, 0.3) is 0 Å². The Hall–Kier alpha value is -3.23. The summed E-state index contributed by atoms with van der Waals surface area (Å²) in [5.74, 6) is -1.41. The lowest BCUT2D eigenvalue weighted by atomic mass is 10.1. The van der Waals surface area contributed by atoms with Gasteiger partial charge in [-0.2, -0.15) is 0 Å². The van der Waals surface area contributed by atoms with E-state index in [1.807, 2.05) is 18.2 Å². The van der Waals surface area contributed by atoms with Gasteiger partial charge in [0.05, 0.1) is 37.6 Å². The summed E-state index contributed by atoms with van der Waals surface area (Å²) in [4.78, 5) is 40.9. The Morgan fingerprint density at radius 3 is 2.16 bits per heavy atom. The van der Waals surface area contributed by atoms with E-state index < -0.39 is 11.9 Å². The molecular weight excluding hydrogens is 398 g/mol. The number of ether oxygens (including phenoxy) is 2. The molecule has 1 heterocycles. The van der Waals surface area contributed by atoms with Gasteiger partial charge in [-0.25, -0.2) is 9.59 Å². The lowest BCUT2D eigenvalue weighted by Crippen LogP contribution is -2.48. The SMILES string of the molecule is COC(=O)c1ccc(C(=O)OC)c(NC(=O)CN2CCN(Cc3ccccc3)CC2)c1. The highest BCUT2D eigenvalue weighted by molar-refractivity contribution is 6.03. The summed E-state index contributed by atoms with van der Waals surface area (Å²) in [7, 11) is 2.53. The number of nitrogens with one attached hydrogen (secondary N) is 1. The van der Waals surface area contributed by atoms with Crippen LogP contribution in [0.3, 0.4) is 0 Å². The van der Waals surface area contributed by atoms with Gasteiger partial charge in [0.2, 0.25) is 5.91 Å². The fourth-order valence-corrected chi connectivity index (χ4v) is 3.52. The molecule has 164 valence electrons. The van der Waals surface area contributed by atoms with Gasteiger partial charge in [-0.3, -0.25) is 14.6 Å². The van der Waals surface area contributed by atoms with Gasteiger partial charge >= 0.3 is 11.9 Å². The topological polar surface area (TPSA) is 88.2 Å². The van der Waals surface area contributed by atoms with Gasteiger partial charge in [0.1, 0.15) is 0 Å². The summed E-state index contributed by atoms with van der Waals surface area (Å²) in [5, 5.41) is 2.74. The molecule has 1 aliphatic rings. The maximum absolute atomic E-state index is 12.6. The van der Waals surface area contributed by atoms with Gasteiger partial charge in [0, 0.05) is 32.7 Å². The van der Waals surface area contributed by atoms with Crippen LogP contribution >= 0.6 is 0 Å². The van der Waals surface area contributed by atoms with Crippen molar-refractivity contribution in [3.8, 4) is 0 Å². The minimum atomic E-state index is -0.596. The summed E-state index contributed by atoms with van der Waals surface area (Å²) < 4.78 is 9.49. The summed E-state index contributed by atoms with van der Waals surface area (Å²) in [6.45, 7) is 4.37. The quantitative estimate of drug-likeness (QED) is 0.679. The highest BCUT2D eigenvalue weighted by Gasteiger charge is 2.21. The summed E-state index contributed by atoms with van der Waals surface area (Å²) in [6.07, 6.45) is 0. The number of rotatable bonds is 7. The van der Waals surface area contributed by atoms with Crippen LogP contribution in [0.5, 0.6) is 0 Å². The number of benzene rings is 2. The Morgan fingerprint density at radius 1 is 0.871 bits per heavy atom. The van der Waals surface area contributed by atoms with Crippen molar-refractivity contribution in [2.24, 2.45) is 0 Å². The molecule has 8 nitrogen and oxygen atoms in total. The molecule has 0 radical (unpaired) electrons. The lowest BCUT2D eigenvalue weighted by molar-refractivity contribution is -0.117. The summed E-state index contributed by atoms with van der Waals surface area (Å²) >= 11 is 0. The van der Waals surface area contributed by atoms with E-state index in [2.05, 4.69) is 27.2 Å². The van der Waals surface area contributed by atoms with E-state index in [0.29, 0.717) is 0 Å². The molecule has 0 saturated carbocycles. The van der Waals surface area contributed by atoms with Crippen LogP contribution in [0, 0.1) is 0 Å². The molecule has 2 aromatic carbocycles. The van der Waals surface area contributed by atoms with Crippen LogP contribution in [0.15, 0.2) is 48.5 Å². The molecule has 1 aliphatic heterocycles. The average molecular weight is 425 g/mol. The van der Waals surface area contributed by atoms with Crippen molar-refractivity contribution in [2.75, 3.05) is 52.3 Å². The summed E-state index contributed by atoms with van der Waals surface area (Å²) in [6, 6.07) is 14.6. The number of carbonyl (C=O) groups excluding carboxylic acids is 3. The molecule has 1 saturated heterocycles. The molecule has 1 fully saturated rings. The minimum Gasteiger partial charge on any atom is -0.465 e. The highest BCUT2D eigenvalue weighted by Crippen LogP contribution is 2.20. The van der Waals surface area contributed by atoms with Crippen molar-refractivity contribution in [3.05, 3.63) is 65.2 Å². The van der Waals surface area contributed by atoms with E-state index in [-0.39, 0.29) is 29.3 Å². The molecule has 3 rings (SSSR count). The van der Waals surface area contributed by atoms with Gasteiger partial charge in [0.15, 0.2) is 0 Å². The molecular formula is C23H27N3O5. The van der Waals surface area contributed by atoms with Crippen molar-refractivity contribution in [3.63, 3.8) is 0 Å². The number of carbonyl (C=O) groups is 3. The molecule has 8 heteroatoms. The number of amides is 1. The molecule has 0 aromatic heterocycles. The van der Waals surface area contributed by atoms with E-state index in [1.165, 1.54) is 38.0 Å². The molecule has 0 spiro atoms. The van der Waals surface area contributed by atoms with Crippen LogP contribution in [-0.2, 0) is 20.8 Å². The van der Waals surface area contributed by atoms with Crippen molar-refractivity contribution in [1.29, 1.82) is 0 Å². The molecule has 1 amide bonds. The van der Waals surface area contributed by atoms with Crippen LogP contribution in [0.1, 0.15) is 26.3 Å². The predicted octanol–water partition coefficient (Wildman–Crippen LogP) is 2.02. The number of hydrogen-bond acceptors (Lipinski definition) is 7. The maximum Gasteiger partial charge on any atom is 0.339 e. The zero-order chi connectivity index (χ0) is 22.2. The molecule has 0 unspecified atom stereocenters. The first-order chi connectivity index (χ1) is 15.0. The second-order valence-corrected chi connectivity index (χ2v) is 7.33. The van der Waals surface area contributed by atoms with Crippen molar-refractivity contribution < 1.29 is 23.9 Å². The Bertz CT molecular complexity index is 924. The molecule has 2 aromatic rings. The minimum absolute atomic E-state index is 0.177. The zero-order valence-corrected chi connectivity index (χ0v) is 17.8. The number of nitrogens with zero attached hydrogens (tertiary/aromatic N) is 2. The van der Waals surface area contributed by atoms with E-state index in [1.54, 1.807) is 0 Å². The molecule has 0 aliphatic carbocycles. The Labute approximate surface area is 181 Å². The van der Waals surface area contributed by atoms with Crippen LogP contribution in [0.25, 0.3) is 0 Å². The predicted molar refractivity (Wildman–Crippen MR) is 116 cm³/mol. The number of methoxy groups -OCH3 is 2. The number of anilines is 1. The Balaban J connectivity index is 1.58. The number of hydrogen-bond donors (Lipinski definition) is 1. The van der Waals surface area contributed by atoms with Crippen LogP contribution in [0.4, 0.5) is 5.69 Å².